The fourth-order valence-electron chi connectivity index (χ4n) is 14.4. The molecular weight excluding hydrogens is 1580 g/mol. The third kappa shape index (κ3) is 30.1. The normalized spacial score (nSPS) is 18.8. The fraction of sp³-hybridized carbons (Fsp3) is 0.378. The molecule has 26 nitrogen and oxygen atoms in total. The van der Waals surface area contributed by atoms with E-state index in [9.17, 15) is 14.4 Å². The molecule has 0 aliphatic carbocycles. The summed E-state index contributed by atoms with van der Waals surface area (Å²) in [5, 5.41) is 23.4. The van der Waals surface area contributed by atoms with Crippen molar-refractivity contribution in [3.8, 4) is 11.5 Å². The minimum absolute atomic E-state index is 0.149. The number of aryl methyl sites for hydroxylation is 4. The van der Waals surface area contributed by atoms with Gasteiger partial charge in [0, 0.05) is 70.3 Å². The van der Waals surface area contributed by atoms with E-state index in [0.29, 0.717) is 127 Å². The number of carbonyl (C=O) groups is 3. The highest BCUT2D eigenvalue weighted by Gasteiger charge is 2.51. The van der Waals surface area contributed by atoms with Gasteiger partial charge in [-0.25, -0.2) is 4.79 Å². The Bertz CT molecular complexity index is 4550. The second kappa shape index (κ2) is 50.5. The van der Waals surface area contributed by atoms with Crippen molar-refractivity contribution in [3.63, 3.8) is 0 Å². The number of ether oxygens (including phenoxy) is 15. The number of carbonyl (C=O) groups excluding carboxylic acids is 3. The lowest BCUT2D eigenvalue weighted by Crippen LogP contribution is -2.61. The molecule has 2 aromatic heterocycles. The zero-order chi connectivity index (χ0) is 85.2. The molecule has 0 spiro atoms. The van der Waals surface area contributed by atoms with Crippen LogP contribution >= 0.6 is 0 Å². The zero-order valence-corrected chi connectivity index (χ0v) is 70.2. The summed E-state index contributed by atoms with van der Waals surface area (Å²) in [7, 11) is 1.30. The van der Waals surface area contributed by atoms with E-state index in [0.717, 1.165) is 44.5 Å². The van der Waals surface area contributed by atoms with Gasteiger partial charge in [0.1, 0.15) is 60.3 Å². The molecule has 2 N–H and O–H groups in total. The standard InChI is InChI=1S/C98H112N8O18/c1-110-96(109)81-58-84(113-54-26-50-99-88(107)48-46-82-61-105(103-101-82)52-28-56-115-97-94(121-69-79-42-22-8-23-43-79)92(119-67-77-38-18-6-19-39-77)90(117-65-75-34-14-4-15-35-75)86(123-97)71-111-63-73-30-10-2-11-31-73)60-85(59-81)114-55-27-51-100-89(108)49-47-83-62-106(104-102-83)53-29-57-116-98-95(122-70-80-44-24-9-25-45-80)93(120-68-78-40-20-7-21-41-78)91(118-66-76-36-16-5-17-37-76)87(124-98)72-112-64-74-32-12-3-13-33-74/h2-25,30-45,58-62,86-87,90-95,97-98H,26-29,46-57,63-72H2,1H3,(H,99,107)(H,100,108)/t86-,87-,90+,91+,92+,93+,94-,95-,97-,98-/m1/s1. The molecule has 2 aliphatic heterocycles. The van der Waals surface area contributed by atoms with E-state index in [1.54, 1.807) is 27.6 Å². The number of esters is 1. The molecule has 2 saturated heterocycles. The Morgan fingerprint density at radius 3 is 0.984 bits per heavy atom. The van der Waals surface area contributed by atoms with Crippen LogP contribution in [0.15, 0.2) is 273 Å². The molecule has 0 saturated carbocycles. The van der Waals surface area contributed by atoms with Crippen molar-refractivity contribution >= 4 is 17.8 Å². The molecule has 13 rings (SSSR count). The summed E-state index contributed by atoms with van der Waals surface area (Å²) < 4.78 is 102. The number of amides is 2. The molecule has 652 valence electrons. The molecule has 2 aliphatic rings. The van der Waals surface area contributed by atoms with Gasteiger partial charge in [-0.2, -0.15) is 0 Å². The largest absolute Gasteiger partial charge is 0.493 e. The monoisotopic (exact) mass is 1690 g/mol. The van der Waals surface area contributed by atoms with Crippen LogP contribution in [0.25, 0.3) is 0 Å². The number of benzene rings is 9. The zero-order valence-electron chi connectivity index (χ0n) is 70.2. The second-order valence-corrected chi connectivity index (χ2v) is 30.3. The SMILES string of the molecule is COC(=O)c1cc(OCCCNC(=O)CCc2cn(CCCO[C@@H]3O[C@H](COCc4ccccc4)[C@H](OCc4ccccc4)[C@H](OCc4ccccc4)[C@H]3OCc3ccccc3)nn2)cc(OCCCNC(=O)CCc2cn(CCCO[C@@H]3O[C@H](COCc4ccccc4)[C@H](OCc4ccccc4)[C@H](OCc4ccccc4)[C@H]3OCc3ccccc3)nn2)c1. The van der Waals surface area contributed by atoms with Gasteiger partial charge in [-0.3, -0.25) is 19.0 Å². The van der Waals surface area contributed by atoms with Gasteiger partial charge in [0.15, 0.2) is 12.6 Å². The molecule has 0 unspecified atom stereocenters. The van der Waals surface area contributed by atoms with Crippen LogP contribution in [0.2, 0.25) is 0 Å². The van der Waals surface area contributed by atoms with Gasteiger partial charge >= 0.3 is 5.97 Å². The van der Waals surface area contributed by atoms with Crippen molar-refractivity contribution in [1.29, 1.82) is 0 Å². The maximum atomic E-state index is 13.1. The molecule has 4 heterocycles. The van der Waals surface area contributed by atoms with Crippen molar-refractivity contribution in [2.45, 2.75) is 179 Å². The Morgan fingerprint density at radius 2 is 0.661 bits per heavy atom. The molecule has 10 atom stereocenters. The number of nitrogens with zero attached hydrogens (tertiary/aromatic N) is 6. The van der Waals surface area contributed by atoms with Crippen LogP contribution in [0, 0.1) is 0 Å². The third-order valence-corrected chi connectivity index (χ3v) is 20.8. The van der Waals surface area contributed by atoms with Gasteiger partial charge in [0.05, 0.1) is 117 Å². The lowest BCUT2D eigenvalue weighted by Gasteiger charge is -2.46. The van der Waals surface area contributed by atoms with Gasteiger partial charge in [0.25, 0.3) is 0 Å². The smallest absolute Gasteiger partial charge is 0.338 e. The number of methoxy groups -OCH3 is 1. The van der Waals surface area contributed by atoms with E-state index in [-0.39, 0.29) is 83.1 Å². The minimum atomic E-state index is -0.861. The Balaban J connectivity index is 0.526. The molecule has 9 aromatic carbocycles. The maximum absolute atomic E-state index is 13.1. The predicted octanol–water partition coefficient (Wildman–Crippen LogP) is 13.9. The predicted molar refractivity (Wildman–Crippen MR) is 461 cm³/mol. The first kappa shape index (κ1) is 90.5. The lowest BCUT2D eigenvalue weighted by atomic mass is 9.97. The summed E-state index contributed by atoms with van der Waals surface area (Å²) in [6.07, 6.45) is 0.101. The van der Waals surface area contributed by atoms with E-state index < -0.39 is 67.4 Å². The molecule has 2 fully saturated rings. The molecular formula is C98H112N8O18. The maximum Gasteiger partial charge on any atom is 0.338 e. The molecule has 124 heavy (non-hydrogen) atoms. The third-order valence-electron chi connectivity index (χ3n) is 20.8. The number of aromatic nitrogens is 6. The summed E-state index contributed by atoms with van der Waals surface area (Å²) in [6, 6.07) is 84.9. The van der Waals surface area contributed by atoms with Crippen LogP contribution in [-0.2, 0) is 150 Å². The minimum Gasteiger partial charge on any atom is -0.493 e. The quantitative estimate of drug-likeness (QED) is 0.0265. The van der Waals surface area contributed by atoms with Crippen molar-refractivity contribution < 1.29 is 85.4 Å². The topological polar surface area (TPSA) is 275 Å². The van der Waals surface area contributed by atoms with E-state index in [2.05, 4.69) is 31.3 Å². The van der Waals surface area contributed by atoms with Crippen molar-refractivity contribution in [1.82, 2.24) is 40.6 Å². The van der Waals surface area contributed by atoms with Crippen LogP contribution in [-0.4, -0.2) is 169 Å². The van der Waals surface area contributed by atoms with Crippen molar-refractivity contribution in [2.75, 3.05) is 59.8 Å². The van der Waals surface area contributed by atoms with Crippen LogP contribution in [0.5, 0.6) is 11.5 Å². The molecule has 0 bridgehead atoms. The fourth-order valence-corrected chi connectivity index (χ4v) is 14.4. The summed E-state index contributed by atoms with van der Waals surface area (Å²) in [4.78, 5) is 39.0. The summed E-state index contributed by atoms with van der Waals surface area (Å²) in [5.41, 5.74) is 9.63. The van der Waals surface area contributed by atoms with Crippen LogP contribution in [0.1, 0.15) is 105 Å². The van der Waals surface area contributed by atoms with Crippen LogP contribution in [0.3, 0.4) is 0 Å². The average Bonchev–Trinajstić information content (AvgIpc) is 1.12. The van der Waals surface area contributed by atoms with Crippen LogP contribution in [0.4, 0.5) is 0 Å². The van der Waals surface area contributed by atoms with Crippen molar-refractivity contribution in [2.24, 2.45) is 0 Å². The van der Waals surface area contributed by atoms with Gasteiger partial charge in [-0.1, -0.05) is 253 Å². The molecule has 11 aromatic rings. The Hall–Kier alpha value is -11.2. The van der Waals surface area contributed by atoms with E-state index in [4.69, 9.17) is 71.1 Å². The first-order chi connectivity index (χ1) is 61.2. The highest BCUT2D eigenvalue weighted by molar-refractivity contribution is 5.90. The van der Waals surface area contributed by atoms with Gasteiger partial charge in [0.2, 0.25) is 11.8 Å². The van der Waals surface area contributed by atoms with Gasteiger partial charge in [-0.15, -0.1) is 10.2 Å². The van der Waals surface area contributed by atoms with Gasteiger partial charge < -0.3 is 81.7 Å². The lowest BCUT2D eigenvalue weighted by molar-refractivity contribution is -0.328. The van der Waals surface area contributed by atoms with E-state index in [1.165, 1.54) is 7.11 Å². The summed E-state index contributed by atoms with van der Waals surface area (Å²) in [6.45, 7) is 5.67. The Kier molecular flexibility index (Phi) is 36.9. The van der Waals surface area contributed by atoms with Gasteiger partial charge in [-0.05, 0) is 82.3 Å². The summed E-state index contributed by atoms with van der Waals surface area (Å²) >= 11 is 0. The molecule has 2 amide bonds. The number of hydrogen-bond acceptors (Lipinski definition) is 22. The Labute approximate surface area is 724 Å². The van der Waals surface area contributed by atoms with E-state index in [1.807, 2.05) is 255 Å². The van der Waals surface area contributed by atoms with E-state index >= 15 is 0 Å². The average molecular weight is 1690 g/mol. The second-order valence-electron chi connectivity index (χ2n) is 30.3. The highest BCUT2D eigenvalue weighted by atomic mass is 16.7. The van der Waals surface area contributed by atoms with Crippen LogP contribution < -0.4 is 20.1 Å². The Morgan fingerprint density at radius 1 is 0.355 bits per heavy atom. The molecule has 0 radical (unpaired) electrons. The first-order valence-corrected chi connectivity index (χ1v) is 42.7. The number of hydrogen-bond donors (Lipinski definition) is 2. The van der Waals surface area contributed by atoms with Crippen molar-refractivity contribution in [3.05, 3.63) is 335 Å². The highest BCUT2D eigenvalue weighted by Crippen LogP contribution is 2.35. The first-order valence-electron chi connectivity index (χ1n) is 42.7. The molecule has 26 heteroatoms. The summed E-state index contributed by atoms with van der Waals surface area (Å²) in [5.74, 6) is -0.0759. The number of nitrogens with one attached hydrogen (secondary N) is 2. The number of rotatable bonds is 53.